The number of H-pyrrole nitrogens is 1. The molecule has 0 radical (unpaired) electrons. The van der Waals surface area contributed by atoms with Crippen LogP contribution in [0.1, 0.15) is 30.5 Å². The third kappa shape index (κ3) is 6.92. The van der Waals surface area contributed by atoms with Crippen molar-refractivity contribution in [1.82, 2.24) is 25.6 Å². The van der Waals surface area contributed by atoms with Crippen LogP contribution in [0.5, 0.6) is 0 Å². The normalized spacial score (nSPS) is 11.0. The van der Waals surface area contributed by atoms with E-state index in [4.69, 9.17) is 5.26 Å². The van der Waals surface area contributed by atoms with Gasteiger partial charge in [0, 0.05) is 37.4 Å². The number of pyridine rings is 1. The Labute approximate surface area is 142 Å². The molecule has 0 fully saturated rings. The quantitative estimate of drug-likeness (QED) is 0.214. The number of aromatic amines is 1. The van der Waals surface area contributed by atoms with E-state index >= 15 is 0 Å². The molecule has 126 valence electrons. The van der Waals surface area contributed by atoms with Gasteiger partial charge >= 0.3 is 0 Å². The third-order valence-electron chi connectivity index (χ3n) is 3.51. The Morgan fingerprint density at radius 2 is 2.17 bits per heavy atom. The number of guanidine groups is 1. The van der Waals surface area contributed by atoms with Crippen LogP contribution >= 0.6 is 0 Å². The SMILES string of the molecule is N#CNC(=NCCCc1cccnc1)NCCCCc1cnc[nH]1. The second kappa shape index (κ2) is 10.8. The Hall–Kier alpha value is -2.88. The van der Waals surface area contributed by atoms with Gasteiger partial charge in [0.05, 0.1) is 6.33 Å². The van der Waals surface area contributed by atoms with E-state index in [0.717, 1.165) is 44.3 Å². The lowest BCUT2D eigenvalue weighted by atomic mass is 10.2. The molecule has 3 N–H and O–H groups in total. The first-order valence-corrected chi connectivity index (χ1v) is 8.18. The van der Waals surface area contributed by atoms with Gasteiger partial charge in [-0.05, 0) is 43.7 Å². The number of aryl methyl sites for hydroxylation is 2. The minimum atomic E-state index is 0.547. The fourth-order valence-electron chi connectivity index (χ4n) is 2.28. The van der Waals surface area contributed by atoms with E-state index < -0.39 is 0 Å². The monoisotopic (exact) mass is 325 g/mol. The summed E-state index contributed by atoms with van der Waals surface area (Å²) >= 11 is 0. The van der Waals surface area contributed by atoms with E-state index in [1.165, 1.54) is 5.56 Å². The minimum Gasteiger partial charge on any atom is -0.356 e. The number of hydrogen-bond donors (Lipinski definition) is 3. The van der Waals surface area contributed by atoms with Gasteiger partial charge in [0.15, 0.2) is 6.19 Å². The molecule has 2 aromatic heterocycles. The Kier molecular flexibility index (Phi) is 7.85. The number of imidazole rings is 1. The molecule has 0 aromatic carbocycles. The summed E-state index contributed by atoms with van der Waals surface area (Å²) in [5.74, 6) is 0.547. The summed E-state index contributed by atoms with van der Waals surface area (Å²) in [7, 11) is 0. The van der Waals surface area contributed by atoms with E-state index in [-0.39, 0.29) is 0 Å². The van der Waals surface area contributed by atoms with E-state index in [2.05, 4.69) is 36.6 Å². The van der Waals surface area contributed by atoms with E-state index in [1.54, 1.807) is 12.5 Å². The van der Waals surface area contributed by atoms with Crippen molar-refractivity contribution in [2.75, 3.05) is 13.1 Å². The molecule has 0 saturated carbocycles. The fraction of sp³-hybridized carbons (Fsp3) is 0.412. The van der Waals surface area contributed by atoms with Crippen molar-refractivity contribution in [3.05, 3.63) is 48.3 Å². The van der Waals surface area contributed by atoms with Gasteiger partial charge in [-0.2, -0.15) is 5.26 Å². The molecule has 24 heavy (non-hydrogen) atoms. The lowest BCUT2D eigenvalue weighted by Crippen LogP contribution is -2.35. The van der Waals surface area contributed by atoms with Gasteiger partial charge in [-0.25, -0.2) is 4.98 Å². The van der Waals surface area contributed by atoms with Crippen LogP contribution in [0.3, 0.4) is 0 Å². The van der Waals surface area contributed by atoms with Crippen LogP contribution in [0, 0.1) is 11.5 Å². The molecule has 0 unspecified atom stereocenters. The summed E-state index contributed by atoms with van der Waals surface area (Å²) in [4.78, 5) is 15.6. The number of aromatic nitrogens is 3. The number of nitriles is 1. The molecule has 2 aromatic rings. The fourth-order valence-corrected chi connectivity index (χ4v) is 2.28. The molecule has 0 aliphatic rings. The first-order chi connectivity index (χ1) is 11.9. The smallest absolute Gasteiger partial charge is 0.204 e. The van der Waals surface area contributed by atoms with Crippen LogP contribution in [0.15, 0.2) is 42.0 Å². The number of hydrogen-bond acceptors (Lipinski definition) is 4. The van der Waals surface area contributed by atoms with E-state index in [1.807, 2.05) is 24.7 Å². The highest BCUT2D eigenvalue weighted by Gasteiger charge is 1.99. The maximum atomic E-state index is 8.80. The molecule has 0 aliphatic carbocycles. The lowest BCUT2D eigenvalue weighted by molar-refractivity contribution is 0.693. The molecule has 7 nitrogen and oxygen atoms in total. The summed E-state index contributed by atoms with van der Waals surface area (Å²) in [6, 6.07) is 4.00. The predicted molar refractivity (Wildman–Crippen MR) is 93.1 cm³/mol. The summed E-state index contributed by atoms with van der Waals surface area (Å²) in [5, 5.41) is 14.6. The van der Waals surface area contributed by atoms with Crippen LogP contribution in [0.25, 0.3) is 0 Å². The molecule has 2 rings (SSSR count). The van der Waals surface area contributed by atoms with Crippen LogP contribution < -0.4 is 10.6 Å². The van der Waals surface area contributed by atoms with Crippen molar-refractivity contribution in [1.29, 1.82) is 5.26 Å². The van der Waals surface area contributed by atoms with Gasteiger partial charge in [0.2, 0.25) is 5.96 Å². The Morgan fingerprint density at radius 3 is 2.92 bits per heavy atom. The molecule has 0 bridgehead atoms. The first kappa shape index (κ1) is 17.5. The van der Waals surface area contributed by atoms with Gasteiger partial charge < -0.3 is 10.3 Å². The minimum absolute atomic E-state index is 0.547. The van der Waals surface area contributed by atoms with Crippen molar-refractivity contribution in [3.63, 3.8) is 0 Å². The maximum absolute atomic E-state index is 8.80. The Bertz CT molecular complexity index is 629. The van der Waals surface area contributed by atoms with Gasteiger partial charge in [-0.1, -0.05) is 6.07 Å². The molecule has 0 aliphatic heterocycles. The standard InChI is InChI=1S/C17H23N7/c18-13-23-17(21-9-2-1-7-16-12-20-14-24-16)22-10-4-6-15-5-3-8-19-11-15/h3,5,8,11-12,14H,1-2,4,6-7,9-10H2,(H,20,24)(H2,21,22,23). The zero-order valence-corrected chi connectivity index (χ0v) is 13.7. The number of aliphatic imine (C=N–C) groups is 1. The van der Waals surface area contributed by atoms with Crippen molar-refractivity contribution in [3.8, 4) is 6.19 Å². The van der Waals surface area contributed by atoms with Gasteiger partial charge in [0.25, 0.3) is 0 Å². The summed E-state index contributed by atoms with van der Waals surface area (Å²) in [6.45, 7) is 1.45. The average molecular weight is 325 g/mol. The van der Waals surface area contributed by atoms with Crippen molar-refractivity contribution >= 4 is 5.96 Å². The Morgan fingerprint density at radius 1 is 1.21 bits per heavy atom. The van der Waals surface area contributed by atoms with Gasteiger partial charge in [0.1, 0.15) is 0 Å². The van der Waals surface area contributed by atoms with Crippen molar-refractivity contribution in [2.24, 2.45) is 4.99 Å². The molecule has 2 heterocycles. The number of nitrogens with one attached hydrogen (secondary N) is 3. The molecule has 0 spiro atoms. The molecule has 0 amide bonds. The predicted octanol–water partition coefficient (Wildman–Crippen LogP) is 1.78. The zero-order valence-electron chi connectivity index (χ0n) is 13.7. The van der Waals surface area contributed by atoms with Crippen LogP contribution in [0.2, 0.25) is 0 Å². The van der Waals surface area contributed by atoms with Crippen molar-refractivity contribution in [2.45, 2.75) is 32.1 Å². The summed E-state index contributed by atoms with van der Waals surface area (Å²) in [5.41, 5.74) is 2.35. The van der Waals surface area contributed by atoms with Crippen LogP contribution in [-0.4, -0.2) is 34.0 Å². The highest BCUT2D eigenvalue weighted by atomic mass is 15.2. The number of rotatable bonds is 9. The molecule has 0 saturated heterocycles. The highest BCUT2D eigenvalue weighted by Crippen LogP contribution is 2.01. The molecule has 0 atom stereocenters. The second-order valence-corrected chi connectivity index (χ2v) is 5.39. The third-order valence-corrected chi connectivity index (χ3v) is 3.51. The Balaban J connectivity index is 1.62. The largest absolute Gasteiger partial charge is 0.356 e. The first-order valence-electron chi connectivity index (χ1n) is 8.18. The highest BCUT2D eigenvalue weighted by molar-refractivity contribution is 5.81. The number of nitrogens with zero attached hydrogens (tertiary/aromatic N) is 4. The van der Waals surface area contributed by atoms with E-state index in [9.17, 15) is 0 Å². The average Bonchev–Trinajstić information content (AvgIpc) is 3.12. The van der Waals surface area contributed by atoms with E-state index in [0.29, 0.717) is 12.5 Å². The van der Waals surface area contributed by atoms with Crippen molar-refractivity contribution < 1.29 is 0 Å². The van der Waals surface area contributed by atoms with Gasteiger partial charge in [-0.3, -0.25) is 15.3 Å². The summed E-state index contributed by atoms with van der Waals surface area (Å²) in [6.07, 6.45) is 14.0. The second-order valence-electron chi connectivity index (χ2n) is 5.39. The lowest BCUT2D eigenvalue weighted by Gasteiger charge is -2.08. The summed E-state index contributed by atoms with van der Waals surface area (Å²) < 4.78 is 0. The van der Waals surface area contributed by atoms with Gasteiger partial charge in [-0.15, -0.1) is 0 Å². The molecular formula is C17H23N7. The number of unbranched alkanes of at least 4 members (excludes halogenated alkanes) is 1. The topological polar surface area (TPSA) is 102 Å². The zero-order chi connectivity index (χ0) is 16.9. The van der Waals surface area contributed by atoms with Crippen LogP contribution in [-0.2, 0) is 12.8 Å². The molecule has 7 heteroatoms. The molecular weight excluding hydrogens is 302 g/mol. The maximum Gasteiger partial charge on any atom is 0.204 e. The van der Waals surface area contributed by atoms with Crippen LogP contribution in [0.4, 0.5) is 0 Å².